The number of rotatable bonds is 1. The van der Waals surface area contributed by atoms with Gasteiger partial charge in [0.15, 0.2) is 0 Å². The first-order valence-corrected chi connectivity index (χ1v) is 4.26. The Kier molecular flexibility index (Phi) is 3.22. The molecular weight excluding hydrogens is 229 g/mol. The topological polar surface area (TPSA) is 49.8 Å². The van der Waals surface area contributed by atoms with Crippen molar-refractivity contribution in [3.05, 3.63) is 34.3 Å². The number of hydrogen-bond acceptors (Lipinski definition) is 2. The first kappa shape index (κ1) is 11.8. The Balaban J connectivity index is 3.09. The van der Waals surface area contributed by atoms with Gasteiger partial charge in [-0.05, 0) is 17.7 Å². The summed E-state index contributed by atoms with van der Waals surface area (Å²) >= 11 is 5.58. The second-order valence-electron chi connectivity index (χ2n) is 2.87. The molecular formula is C9H6ClF3N2. The van der Waals surface area contributed by atoms with E-state index in [1.807, 2.05) is 0 Å². The minimum Gasteiger partial charge on any atom is -0.316 e. The first-order valence-electron chi connectivity index (χ1n) is 3.88. The van der Waals surface area contributed by atoms with Gasteiger partial charge in [0.05, 0.1) is 10.6 Å². The van der Waals surface area contributed by atoms with Crippen LogP contribution < -0.4 is 5.73 Å². The summed E-state index contributed by atoms with van der Waals surface area (Å²) in [5.74, 6) is 0. The lowest BCUT2D eigenvalue weighted by molar-refractivity contribution is -0.149. The number of nitrogens with two attached hydrogens (primary N) is 1. The zero-order chi connectivity index (χ0) is 11.6. The predicted molar refractivity (Wildman–Crippen MR) is 49.2 cm³/mol. The molecule has 1 aromatic rings. The van der Waals surface area contributed by atoms with Gasteiger partial charge in [0.2, 0.25) is 0 Å². The maximum Gasteiger partial charge on any atom is 0.407 e. The fraction of sp³-hybridized carbons (Fsp3) is 0.222. The standard InChI is InChI=1S/C9H6ClF3N2/c10-7-3-5(1-2-6(7)4-14)8(15)9(11,12)13/h1-3,8H,15H2/t8-/m1/s1. The number of hydrogen-bond donors (Lipinski definition) is 1. The fourth-order valence-corrected chi connectivity index (χ4v) is 1.24. The van der Waals surface area contributed by atoms with E-state index < -0.39 is 12.2 Å². The summed E-state index contributed by atoms with van der Waals surface area (Å²) in [4.78, 5) is 0. The van der Waals surface area contributed by atoms with Crippen LogP contribution in [0.4, 0.5) is 13.2 Å². The van der Waals surface area contributed by atoms with E-state index in [0.29, 0.717) is 0 Å². The van der Waals surface area contributed by atoms with Crippen LogP contribution in [0.2, 0.25) is 5.02 Å². The molecule has 0 unspecified atom stereocenters. The third-order valence-corrected chi connectivity index (χ3v) is 2.14. The van der Waals surface area contributed by atoms with E-state index in [4.69, 9.17) is 22.6 Å². The monoisotopic (exact) mass is 234 g/mol. The van der Waals surface area contributed by atoms with Crippen LogP contribution in [-0.2, 0) is 0 Å². The van der Waals surface area contributed by atoms with Crippen molar-refractivity contribution in [3.63, 3.8) is 0 Å². The van der Waals surface area contributed by atoms with Crippen molar-refractivity contribution >= 4 is 11.6 Å². The smallest absolute Gasteiger partial charge is 0.316 e. The molecule has 0 aromatic heterocycles. The molecule has 0 saturated carbocycles. The van der Waals surface area contributed by atoms with Crippen LogP contribution in [0.1, 0.15) is 17.2 Å². The number of nitrogens with zero attached hydrogens (tertiary/aromatic N) is 1. The average molecular weight is 235 g/mol. The van der Waals surface area contributed by atoms with E-state index in [9.17, 15) is 13.2 Å². The molecule has 2 nitrogen and oxygen atoms in total. The molecule has 0 aliphatic carbocycles. The molecule has 15 heavy (non-hydrogen) atoms. The van der Waals surface area contributed by atoms with Gasteiger partial charge in [0.25, 0.3) is 0 Å². The minimum atomic E-state index is -4.52. The Morgan fingerprint density at radius 1 is 1.40 bits per heavy atom. The highest BCUT2D eigenvalue weighted by Gasteiger charge is 2.37. The number of alkyl halides is 3. The Labute approximate surface area is 89.1 Å². The van der Waals surface area contributed by atoms with Gasteiger partial charge >= 0.3 is 6.18 Å². The van der Waals surface area contributed by atoms with Crippen LogP contribution >= 0.6 is 11.6 Å². The molecule has 0 aliphatic heterocycles. The SMILES string of the molecule is N#Cc1ccc([C@@H](N)C(F)(F)F)cc1Cl. The largest absolute Gasteiger partial charge is 0.407 e. The molecule has 1 atom stereocenters. The molecule has 80 valence electrons. The maximum atomic E-state index is 12.2. The molecule has 0 heterocycles. The van der Waals surface area contributed by atoms with Crippen molar-refractivity contribution in [1.29, 1.82) is 5.26 Å². The lowest BCUT2D eigenvalue weighted by Gasteiger charge is -2.16. The van der Waals surface area contributed by atoms with Crippen LogP contribution in [0.3, 0.4) is 0 Å². The highest BCUT2D eigenvalue weighted by Crippen LogP contribution is 2.32. The van der Waals surface area contributed by atoms with Crippen molar-refractivity contribution in [2.45, 2.75) is 12.2 Å². The normalized spacial score (nSPS) is 13.3. The second-order valence-corrected chi connectivity index (χ2v) is 3.28. The fourth-order valence-electron chi connectivity index (χ4n) is 1.00. The molecule has 0 aliphatic rings. The third-order valence-electron chi connectivity index (χ3n) is 1.83. The van der Waals surface area contributed by atoms with Crippen LogP contribution in [0, 0.1) is 11.3 Å². The van der Waals surface area contributed by atoms with Gasteiger partial charge in [-0.2, -0.15) is 18.4 Å². The molecule has 0 radical (unpaired) electrons. The van der Waals surface area contributed by atoms with E-state index >= 15 is 0 Å². The molecule has 0 fully saturated rings. The Morgan fingerprint density at radius 2 is 2.00 bits per heavy atom. The molecule has 6 heteroatoms. The Morgan fingerprint density at radius 3 is 2.40 bits per heavy atom. The predicted octanol–water partition coefficient (Wildman–Crippen LogP) is 2.77. The van der Waals surface area contributed by atoms with E-state index in [-0.39, 0.29) is 16.1 Å². The van der Waals surface area contributed by atoms with Gasteiger partial charge in [-0.3, -0.25) is 0 Å². The van der Waals surface area contributed by atoms with E-state index in [1.54, 1.807) is 6.07 Å². The Bertz CT molecular complexity index is 409. The number of nitriles is 1. The van der Waals surface area contributed by atoms with Crippen LogP contribution in [0.5, 0.6) is 0 Å². The summed E-state index contributed by atoms with van der Waals surface area (Å²) < 4.78 is 36.6. The van der Waals surface area contributed by atoms with Crippen LogP contribution in [-0.4, -0.2) is 6.18 Å². The highest BCUT2D eigenvalue weighted by atomic mass is 35.5. The van der Waals surface area contributed by atoms with Crippen LogP contribution in [0.25, 0.3) is 0 Å². The van der Waals surface area contributed by atoms with Gasteiger partial charge in [-0.15, -0.1) is 0 Å². The summed E-state index contributed by atoms with van der Waals surface area (Å²) in [6.07, 6.45) is -4.52. The Hall–Kier alpha value is -1.25. The van der Waals surface area contributed by atoms with Gasteiger partial charge in [0, 0.05) is 0 Å². The van der Waals surface area contributed by atoms with Gasteiger partial charge in [-0.1, -0.05) is 17.7 Å². The zero-order valence-electron chi connectivity index (χ0n) is 7.35. The first-order chi connectivity index (χ1) is 6.86. The summed E-state index contributed by atoms with van der Waals surface area (Å²) in [5, 5.41) is 8.49. The number of halogens is 4. The van der Waals surface area contributed by atoms with Crippen molar-refractivity contribution in [2.75, 3.05) is 0 Å². The molecule has 0 amide bonds. The second kappa shape index (κ2) is 4.09. The average Bonchev–Trinajstić information content (AvgIpc) is 2.15. The van der Waals surface area contributed by atoms with Crippen molar-refractivity contribution in [1.82, 2.24) is 0 Å². The van der Waals surface area contributed by atoms with Gasteiger partial charge < -0.3 is 5.73 Å². The molecule has 2 N–H and O–H groups in total. The summed E-state index contributed by atoms with van der Waals surface area (Å²) in [6, 6.07) is 3.07. The summed E-state index contributed by atoms with van der Waals surface area (Å²) in [6.45, 7) is 0. The highest BCUT2D eigenvalue weighted by molar-refractivity contribution is 6.31. The van der Waals surface area contributed by atoms with Gasteiger partial charge in [-0.25, -0.2) is 0 Å². The molecule has 0 spiro atoms. The van der Waals surface area contributed by atoms with E-state index in [0.717, 1.165) is 12.1 Å². The van der Waals surface area contributed by atoms with Crippen molar-refractivity contribution < 1.29 is 13.2 Å². The maximum absolute atomic E-state index is 12.2. The molecule has 1 aromatic carbocycles. The van der Waals surface area contributed by atoms with E-state index in [1.165, 1.54) is 6.07 Å². The minimum absolute atomic E-state index is 0.0327. The van der Waals surface area contributed by atoms with Crippen molar-refractivity contribution in [3.8, 4) is 6.07 Å². The number of benzene rings is 1. The lowest BCUT2D eigenvalue weighted by Crippen LogP contribution is -2.28. The van der Waals surface area contributed by atoms with E-state index in [2.05, 4.69) is 0 Å². The molecule has 0 saturated heterocycles. The molecule has 1 rings (SSSR count). The van der Waals surface area contributed by atoms with Crippen molar-refractivity contribution in [2.24, 2.45) is 5.73 Å². The quantitative estimate of drug-likeness (QED) is 0.812. The summed E-state index contributed by atoms with van der Waals surface area (Å²) in [5.41, 5.74) is 4.93. The van der Waals surface area contributed by atoms with Gasteiger partial charge in [0.1, 0.15) is 12.1 Å². The molecule has 0 bridgehead atoms. The third kappa shape index (κ3) is 2.61. The summed E-state index contributed by atoms with van der Waals surface area (Å²) in [7, 11) is 0. The van der Waals surface area contributed by atoms with Crippen LogP contribution in [0.15, 0.2) is 18.2 Å². The lowest BCUT2D eigenvalue weighted by atomic mass is 10.1. The zero-order valence-corrected chi connectivity index (χ0v) is 8.10.